The Bertz CT molecular complexity index is 658. The molecule has 1 aromatic carbocycles. The van der Waals surface area contributed by atoms with E-state index in [0.29, 0.717) is 42.7 Å². The van der Waals surface area contributed by atoms with Crippen LogP contribution in [0.1, 0.15) is 37.6 Å². The summed E-state index contributed by atoms with van der Waals surface area (Å²) in [5.41, 5.74) is 0.650. The molecule has 2 rings (SSSR count). The van der Waals surface area contributed by atoms with Crippen molar-refractivity contribution in [3.05, 3.63) is 29.8 Å². The number of para-hydroxylation sites is 1. The molecule has 0 radical (unpaired) electrons. The maximum atomic E-state index is 12.5. The third kappa shape index (κ3) is 4.68. The quantitative estimate of drug-likeness (QED) is 0.833. The summed E-state index contributed by atoms with van der Waals surface area (Å²) in [4.78, 5) is 12.3. The number of benzene rings is 1. The van der Waals surface area contributed by atoms with E-state index in [0.717, 1.165) is 6.42 Å². The van der Waals surface area contributed by atoms with E-state index in [1.807, 2.05) is 20.8 Å². The Morgan fingerprint density at radius 3 is 2.65 bits per heavy atom. The number of hydrogen-bond acceptors (Lipinski definition) is 3. The summed E-state index contributed by atoms with van der Waals surface area (Å²) in [6.07, 6.45) is 0.859. The largest absolute Gasteiger partial charge is 0.352 e. The second-order valence-corrected chi connectivity index (χ2v) is 8.18. The van der Waals surface area contributed by atoms with Gasteiger partial charge in [0.25, 0.3) is 5.91 Å². The van der Waals surface area contributed by atoms with Crippen LogP contribution in [-0.2, 0) is 10.2 Å². The highest BCUT2D eigenvalue weighted by Gasteiger charge is 2.30. The van der Waals surface area contributed by atoms with Crippen LogP contribution >= 0.6 is 0 Å². The minimum atomic E-state index is -3.63. The molecule has 1 aliphatic heterocycles. The lowest BCUT2D eigenvalue weighted by atomic mass is 10.1. The van der Waals surface area contributed by atoms with Crippen LogP contribution in [0, 0.1) is 11.8 Å². The summed E-state index contributed by atoms with van der Waals surface area (Å²) in [5.74, 6) is 0.414. The first kappa shape index (κ1) is 17.7. The van der Waals surface area contributed by atoms with E-state index in [9.17, 15) is 13.2 Å². The van der Waals surface area contributed by atoms with Gasteiger partial charge in [0.05, 0.1) is 11.3 Å². The number of amides is 1. The lowest BCUT2D eigenvalue weighted by Gasteiger charge is -2.19. The first-order valence-corrected chi connectivity index (χ1v) is 9.38. The minimum absolute atomic E-state index is 0.271. The number of rotatable bonds is 6. The number of carbonyl (C=O) groups excluding carboxylic acids is 1. The van der Waals surface area contributed by atoms with Crippen molar-refractivity contribution >= 4 is 21.8 Å². The maximum Gasteiger partial charge on any atom is 0.301 e. The van der Waals surface area contributed by atoms with Crippen LogP contribution in [0.15, 0.2) is 24.3 Å². The summed E-state index contributed by atoms with van der Waals surface area (Å²) >= 11 is 0. The molecule has 1 atom stereocenters. The highest BCUT2D eigenvalue weighted by molar-refractivity contribution is 7.90. The zero-order chi connectivity index (χ0) is 17.0. The van der Waals surface area contributed by atoms with E-state index in [4.69, 9.17) is 0 Å². The van der Waals surface area contributed by atoms with Crippen molar-refractivity contribution < 1.29 is 13.2 Å². The predicted octanol–water partition coefficient (Wildman–Crippen LogP) is 2.07. The van der Waals surface area contributed by atoms with E-state index in [2.05, 4.69) is 10.0 Å². The van der Waals surface area contributed by atoms with E-state index in [1.165, 1.54) is 4.31 Å². The molecule has 1 aromatic rings. The van der Waals surface area contributed by atoms with Gasteiger partial charge in [-0.25, -0.2) is 0 Å². The van der Waals surface area contributed by atoms with Gasteiger partial charge in [-0.05, 0) is 30.4 Å². The van der Waals surface area contributed by atoms with Crippen LogP contribution < -0.4 is 10.0 Å². The fourth-order valence-corrected chi connectivity index (χ4v) is 3.86. The van der Waals surface area contributed by atoms with E-state index in [1.54, 1.807) is 24.3 Å². The maximum absolute atomic E-state index is 12.5. The molecule has 0 saturated carbocycles. The van der Waals surface area contributed by atoms with Gasteiger partial charge in [0, 0.05) is 19.6 Å². The standard InChI is InChI=1S/C16H25N3O3S/c1-12(2)10-17-16(20)14-6-4-5-7-15(14)18-23(21,22)19-9-8-13(3)11-19/h4-7,12-13,18H,8-11H2,1-3H3,(H,17,20)/t13-/m0/s1. The van der Waals surface area contributed by atoms with Crippen molar-refractivity contribution in [2.75, 3.05) is 24.4 Å². The molecule has 0 unspecified atom stereocenters. The fourth-order valence-electron chi connectivity index (χ4n) is 2.48. The summed E-state index contributed by atoms with van der Waals surface area (Å²) in [6.45, 7) is 7.61. The lowest BCUT2D eigenvalue weighted by molar-refractivity contribution is 0.0950. The molecule has 2 N–H and O–H groups in total. The average Bonchev–Trinajstić information content (AvgIpc) is 2.92. The Balaban J connectivity index is 2.15. The lowest BCUT2D eigenvalue weighted by Crippen LogP contribution is -2.35. The summed E-state index contributed by atoms with van der Waals surface area (Å²) in [5, 5.41) is 2.81. The molecule has 1 amide bonds. The molecule has 128 valence electrons. The van der Waals surface area contributed by atoms with Crippen LogP contribution in [0.2, 0.25) is 0 Å². The Morgan fingerprint density at radius 1 is 1.35 bits per heavy atom. The van der Waals surface area contributed by atoms with E-state index < -0.39 is 10.2 Å². The van der Waals surface area contributed by atoms with Crippen molar-refractivity contribution in [3.63, 3.8) is 0 Å². The van der Waals surface area contributed by atoms with Crippen LogP contribution in [0.25, 0.3) is 0 Å². The summed E-state index contributed by atoms with van der Waals surface area (Å²) in [6, 6.07) is 6.67. The van der Waals surface area contributed by atoms with Crippen LogP contribution in [-0.4, -0.2) is 38.3 Å². The summed E-state index contributed by atoms with van der Waals surface area (Å²) < 4.78 is 28.9. The molecule has 0 aliphatic carbocycles. The summed E-state index contributed by atoms with van der Waals surface area (Å²) in [7, 11) is -3.63. The number of hydrogen-bond donors (Lipinski definition) is 2. The van der Waals surface area contributed by atoms with Gasteiger partial charge in [-0.15, -0.1) is 0 Å². The van der Waals surface area contributed by atoms with Gasteiger partial charge in [-0.3, -0.25) is 9.52 Å². The van der Waals surface area contributed by atoms with Crippen LogP contribution in [0.3, 0.4) is 0 Å². The molecule has 1 saturated heterocycles. The molecule has 6 nitrogen and oxygen atoms in total. The van der Waals surface area contributed by atoms with Gasteiger partial charge >= 0.3 is 10.2 Å². The molecule has 0 bridgehead atoms. The van der Waals surface area contributed by atoms with Crippen molar-refractivity contribution in [3.8, 4) is 0 Å². The Morgan fingerprint density at radius 2 is 2.04 bits per heavy atom. The van der Waals surface area contributed by atoms with Crippen molar-refractivity contribution in [2.24, 2.45) is 11.8 Å². The molecular formula is C16H25N3O3S. The molecule has 1 aliphatic rings. The second kappa shape index (κ2) is 7.31. The van der Waals surface area contributed by atoms with Gasteiger partial charge in [0.2, 0.25) is 0 Å². The van der Waals surface area contributed by atoms with Crippen molar-refractivity contribution in [1.29, 1.82) is 0 Å². The first-order chi connectivity index (χ1) is 10.8. The van der Waals surface area contributed by atoms with Gasteiger partial charge in [0.1, 0.15) is 0 Å². The van der Waals surface area contributed by atoms with Gasteiger partial charge < -0.3 is 5.32 Å². The second-order valence-electron chi connectivity index (χ2n) is 6.51. The van der Waals surface area contributed by atoms with Crippen molar-refractivity contribution in [2.45, 2.75) is 27.2 Å². The Kier molecular flexibility index (Phi) is 5.64. The van der Waals surface area contributed by atoms with Crippen LogP contribution in [0.5, 0.6) is 0 Å². The highest BCUT2D eigenvalue weighted by Crippen LogP contribution is 2.22. The molecule has 23 heavy (non-hydrogen) atoms. The average molecular weight is 339 g/mol. The van der Waals surface area contributed by atoms with Crippen LogP contribution in [0.4, 0.5) is 5.69 Å². The highest BCUT2D eigenvalue weighted by atomic mass is 32.2. The number of nitrogens with one attached hydrogen (secondary N) is 2. The normalized spacial score (nSPS) is 19.0. The molecule has 0 spiro atoms. The van der Waals surface area contributed by atoms with Gasteiger partial charge in [-0.2, -0.15) is 12.7 Å². The Labute approximate surface area is 138 Å². The number of carbonyl (C=O) groups is 1. The monoisotopic (exact) mass is 339 g/mol. The van der Waals surface area contributed by atoms with Crippen molar-refractivity contribution in [1.82, 2.24) is 9.62 Å². The van der Waals surface area contributed by atoms with E-state index in [-0.39, 0.29) is 5.91 Å². The van der Waals surface area contributed by atoms with E-state index >= 15 is 0 Å². The third-order valence-corrected chi connectivity index (χ3v) is 5.30. The minimum Gasteiger partial charge on any atom is -0.352 e. The first-order valence-electron chi connectivity index (χ1n) is 7.94. The SMILES string of the molecule is CC(C)CNC(=O)c1ccccc1NS(=O)(=O)N1CC[C@H](C)C1. The number of anilines is 1. The smallest absolute Gasteiger partial charge is 0.301 e. The molecule has 1 heterocycles. The van der Waals surface area contributed by atoms with Gasteiger partial charge in [0.15, 0.2) is 0 Å². The molecular weight excluding hydrogens is 314 g/mol. The Hall–Kier alpha value is -1.60. The zero-order valence-corrected chi connectivity index (χ0v) is 14.7. The number of nitrogens with zero attached hydrogens (tertiary/aromatic N) is 1. The fraction of sp³-hybridized carbons (Fsp3) is 0.562. The van der Waals surface area contributed by atoms with Gasteiger partial charge in [-0.1, -0.05) is 32.9 Å². The molecule has 1 fully saturated rings. The molecule has 0 aromatic heterocycles. The predicted molar refractivity (Wildman–Crippen MR) is 91.5 cm³/mol. The molecule has 7 heteroatoms. The topological polar surface area (TPSA) is 78.5 Å². The zero-order valence-electron chi connectivity index (χ0n) is 13.9. The third-order valence-electron chi connectivity index (χ3n) is 3.81.